The second kappa shape index (κ2) is 9.80. The Labute approximate surface area is 193 Å². The number of benzene rings is 2. The van der Waals surface area contributed by atoms with Gasteiger partial charge in [-0.25, -0.2) is 12.4 Å². The standard InChI is InChI=1S/C23H28N4O5S/c1-2-3-6-13-24-23-22(25-14-16-32-17-15-25)20-7-4-5-8-21(20)26(23)33(30,31)19-11-9-18(10-12-19)27(28)29/h4-5,7-12,24H,2-3,6,13-17H2,1H3. The fourth-order valence-corrected chi connectivity index (χ4v) is 5.63. The summed E-state index contributed by atoms with van der Waals surface area (Å²) in [6.45, 7) is 5.23. The van der Waals surface area contributed by atoms with Gasteiger partial charge in [0.25, 0.3) is 15.7 Å². The largest absolute Gasteiger partial charge is 0.378 e. The molecule has 1 saturated heterocycles. The second-order valence-electron chi connectivity index (χ2n) is 7.97. The Morgan fingerprint density at radius 1 is 1.06 bits per heavy atom. The second-order valence-corrected chi connectivity index (χ2v) is 9.75. The van der Waals surface area contributed by atoms with Gasteiger partial charge in [-0.1, -0.05) is 38.0 Å². The SMILES string of the molecule is CCCCCNc1c(N2CCOCC2)c2ccccc2n1S(=O)(=O)c1ccc([N+](=O)[O-])cc1. The highest BCUT2D eigenvalue weighted by atomic mass is 32.2. The van der Waals surface area contributed by atoms with Gasteiger partial charge < -0.3 is 15.0 Å². The molecule has 9 nitrogen and oxygen atoms in total. The maximum absolute atomic E-state index is 13.8. The Morgan fingerprint density at radius 3 is 2.42 bits per heavy atom. The number of anilines is 2. The molecule has 1 N–H and O–H groups in total. The lowest BCUT2D eigenvalue weighted by molar-refractivity contribution is -0.384. The molecule has 4 rings (SSSR count). The van der Waals surface area contributed by atoms with Crippen LogP contribution in [0.4, 0.5) is 17.2 Å². The minimum atomic E-state index is -4.03. The van der Waals surface area contributed by atoms with Crippen molar-refractivity contribution in [3.63, 3.8) is 0 Å². The first-order valence-electron chi connectivity index (χ1n) is 11.1. The molecule has 176 valence electrons. The summed E-state index contributed by atoms with van der Waals surface area (Å²) in [6, 6.07) is 12.4. The van der Waals surface area contributed by atoms with Gasteiger partial charge in [-0.15, -0.1) is 0 Å². The summed E-state index contributed by atoms with van der Waals surface area (Å²) in [5.41, 5.74) is 1.25. The fourth-order valence-electron chi connectivity index (χ4n) is 4.13. The van der Waals surface area contributed by atoms with E-state index in [2.05, 4.69) is 17.1 Å². The van der Waals surface area contributed by atoms with E-state index in [0.717, 1.165) is 30.3 Å². The van der Waals surface area contributed by atoms with Crippen molar-refractivity contribution in [2.45, 2.75) is 31.1 Å². The normalized spacial score (nSPS) is 14.5. The molecule has 10 heteroatoms. The zero-order valence-electron chi connectivity index (χ0n) is 18.6. The van der Waals surface area contributed by atoms with Gasteiger partial charge in [0.05, 0.1) is 34.2 Å². The molecular weight excluding hydrogens is 444 g/mol. The third-order valence-electron chi connectivity index (χ3n) is 5.79. The minimum absolute atomic E-state index is 0.000936. The summed E-state index contributed by atoms with van der Waals surface area (Å²) in [6.07, 6.45) is 3.01. The molecule has 1 fully saturated rings. The highest BCUT2D eigenvalue weighted by molar-refractivity contribution is 7.90. The number of unbranched alkanes of at least 4 members (excludes halogenated alkanes) is 2. The van der Waals surface area contributed by atoms with Crippen LogP contribution in [0.5, 0.6) is 0 Å². The molecule has 0 radical (unpaired) electrons. The van der Waals surface area contributed by atoms with E-state index in [1.807, 2.05) is 18.2 Å². The van der Waals surface area contributed by atoms with Gasteiger partial charge in [0.15, 0.2) is 0 Å². The third-order valence-corrected chi connectivity index (χ3v) is 7.52. The Bertz CT molecular complexity index is 1230. The molecular formula is C23H28N4O5S. The van der Waals surface area contributed by atoms with Gasteiger partial charge >= 0.3 is 0 Å². The highest BCUT2D eigenvalue weighted by Crippen LogP contribution is 2.41. The summed E-state index contributed by atoms with van der Waals surface area (Å²) in [5, 5.41) is 15.3. The monoisotopic (exact) mass is 472 g/mol. The van der Waals surface area contributed by atoms with Crippen LogP contribution < -0.4 is 10.2 Å². The number of nitrogens with one attached hydrogen (secondary N) is 1. The van der Waals surface area contributed by atoms with Crippen LogP contribution in [0.2, 0.25) is 0 Å². The van der Waals surface area contributed by atoms with Crippen molar-refractivity contribution in [3.8, 4) is 0 Å². The van der Waals surface area contributed by atoms with E-state index in [4.69, 9.17) is 4.74 Å². The Kier molecular flexibility index (Phi) is 6.85. The van der Waals surface area contributed by atoms with Crippen molar-refractivity contribution < 1.29 is 18.1 Å². The molecule has 1 aromatic heterocycles. The van der Waals surface area contributed by atoms with Crippen molar-refractivity contribution >= 4 is 38.1 Å². The number of fused-ring (bicyclic) bond motifs is 1. The molecule has 0 bridgehead atoms. The predicted octanol–water partition coefficient (Wildman–Crippen LogP) is 4.23. The van der Waals surface area contributed by atoms with Crippen LogP contribution >= 0.6 is 0 Å². The molecule has 0 aliphatic carbocycles. The van der Waals surface area contributed by atoms with E-state index >= 15 is 0 Å². The molecule has 1 aliphatic heterocycles. The lowest BCUT2D eigenvalue weighted by Crippen LogP contribution is -2.36. The van der Waals surface area contributed by atoms with Crippen LogP contribution in [0, 0.1) is 10.1 Å². The van der Waals surface area contributed by atoms with E-state index in [0.29, 0.717) is 44.2 Å². The van der Waals surface area contributed by atoms with Crippen LogP contribution in [0.25, 0.3) is 10.9 Å². The summed E-state index contributed by atoms with van der Waals surface area (Å²) in [7, 11) is -4.03. The number of nitrogens with zero attached hydrogens (tertiary/aromatic N) is 3. The van der Waals surface area contributed by atoms with Crippen molar-refractivity contribution in [2.24, 2.45) is 0 Å². The molecule has 2 aromatic carbocycles. The average molecular weight is 473 g/mol. The molecule has 33 heavy (non-hydrogen) atoms. The first kappa shape index (κ1) is 23.1. The maximum Gasteiger partial charge on any atom is 0.269 e. The predicted molar refractivity (Wildman–Crippen MR) is 129 cm³/mol. The number of hydrogen-bond acceptors (Lipinski definition) is 7. The van der Waals surface area contributed by atoms with E-state index in [1.54, 1.807) is 6.07 Å². The quantitative estimate of drug-likeness (QED) is 0.282. The fraction of sp³-hybridized carbons (Fsp3) is 0.391. The van der Waals surface area contributed by atoms with Crippen LogP contribution in [0.15, 0.2) is 53.4 Å². The molecule has 2 heterocycles. The molecule has 0 spiro atoms. The Balaban J connectivity index is 1.89. The van der Waals surface area contributed by atoms with Crippen LogP contribution in [0.1, 0.15) is 26.2 Å². The number of nitro groups is 1. The molecule has 3 aromatic rings. The topological polar surface area (TPSA) is 107 Å². The number of aromatic nitrogens is 1. The van der Waals surface area contributed by atoms with E-state index in [9.17, 15) is 18.5 Å². The lowest BCUT2D eigenvalue weighted by Gasteiger charge is -2.30. The molecule has 0 saturated carbocycles. The first-order valence-corrected chi connectivity index (χ1v) is 12.6. The summed E-state index contributed by atoms with van der Waals surface area (Å²) in [5.74, 6) is 0.521. The minimum Gasteiger partial charge on any atom is -0.378 e. The van der Waals surface area contributed by atoms with Gasteiger partial charge in [-0.05, 0) is 24.6 Å². The summed E-state index contributed by atoms with van der Waals surface area (Å²) in [4.78, 5) is 12.7. The highest BCUT2D eigenvalue weighted by Gasteiger charge is 2.30. The van der Waals surface area contributed by atoms with Gasteiger partial charge in [0, 0.05) is 37.2 Å². The van der Waals surface area contributed by atoms with Crippen LogP contribution in [0.3, 0.4) is 0 Å². The van der Waals surface area contributed by atoms with Crippen molar-refractivity contribution in [1.82, 2.24) is 3.97 Å². The van der Waals surface area contributed by atoms with Gasteiger partial charge in [0.1, 0.15) is 5.82 Å². The Morgan fingerprint density at radius 2 is 1.76 bits per heavy atom. The molecule has 0 unspecified atom stereocenters. The van der Waals surface area contributed by atoms with Crippen LogP contribution in [-0.2, 0) is 14.8 Å². The Hall–Kier alpha value is -3.11. The number of para-hydroxylation sites is 1. The number of ether oxygens (including phenoxy) is 1. The van der Waals surface area contributed by atoms with E-state index < -0.39 is 14.9 Å². The summed E-state index contributed by atoms with van der Waals surface area (Å²) < 4.78 is 34.6. The number of hydrogen-bond donors (Lipinski definition) is 1. The van der Waals surface area contributed by atoms with E-state index in [-0.39, 0.29) is 10.6 Å². The van der Waals surface area contributed by atoms with Crippen molar-refractivity contribution in [2.75, 3.05) is 43.1 Å². The zero-order chi connectivity index (χ0) is 23.4. The molecule has 1 aliphatic rings. The third kappa shape index (κ3) is 4.53. The average Bonchev–Trinajstić information content (AvgIpc) is 3.17. The van der Waals surface area contributed by atoms with Gasteiger partial charge in [0.2, 0.25) is 0 Å². The van der Waals surface area contributed by atoms with Crippen molar-refractivity contribution in [1.29, 1.82) is 0 Å². The van der Waals surface area contributed by atoms with Gasteiger partial charge in [-0.3, -0.25) is 10.1 Å². The number of morpholine rings is 1. The number of rotatable bonds is 9. The maximum atomic E-state index is 13.8. The van der Waals surface area contributed by atoms with E-state index in [1.165, 1.54) is 28.2 Å². The van der Waals surface area contributed by atoms with Gasteiger partial charge in [-0.2, -0.15) is 0 Å². The molecule has 0 amide bonds. The smallest absolute Gasteiger partial charge is 0.269 e. The lowest BCUT2D eigenvalue weighted by atomic mass is 10.2. The number of nitro benzene ring substituents is 1. The molecule has 0 atom stereocenters. The van der Waals surface area contributed by atoms with Crippen LogP contribution in [-0.4, -0.2) is 50.2 Å². The zero-order valence-corrected chi connectivity index (χ0v) is 19.4. The number of non-ortho nitro benzene ring substituents is 1. The first-order chi connectivity index (χ1) is 15.9. The summed E-state index contributed by atoms with van der Waals surface area (Å²) >= 11 is 0. The van der Waals surface area contributed by atoms with Crippen molar-refractivity contribution in [3.05, 3.63) is 58.6 Å².